The van der Waals surface area contributed by atoms with Gasteiger partial charge in [-0.3, -0.25) is 14.5 Å². The summed E-state index contributed by atoms with van der Waals surface area (Å²) in [5.74, 6) is -0.532. The van der Waals surface area contributed by atoms with E-state index in [1.165, 1.54) is 6.26 Å². The van der Waals surface area contributed by atoms with Crippen molar-refractivity contribution in [3.63, 3.8) is 0 Å². The second-order valence-corrected chi connectivity index (χ2v) is 4.58. The van der Waals surface area contributed by atoms with Crippen LogP contribution in [0.3, 0.4) is 0 Å². The number of amides is 1. The van der Waals surface area contributed by atoms with Crippen LogP contribution in [0.15, 0.2) is 22.8 Å². The maximum Gasteiger partial charge on any atom is 0.304 e. The van der Waals surface area contributed by atoms with Crippen LogP contribution in [0.5, 0.6) is 0 Å². The maximum atomic E-state index is 11.8. The topological polar surface area (TPSA) is 103 Å². The van der Waals surface area contributed by atoms with Crippen molar-refractivity contribution < 1.29 is 24.2 Å². The number of aliphatic carboxylic acids is 1. The molecule has 20 heavy (non-hydrogen) atoms. The second kappa shape index (κ2) is 8.34. The molecule has 112 valence electrons. The Morgan fingerprint density at radius 1 is 1.50 bits per heavy atom. The van der Waals surface area contributed by atoms with E-state index in [1.807, 2.05) is 0 Å². The van der Waals surface area contributed by atoms with E-state index in [0.717, 1.165) is 0 Å². The monoisotopic (exact) mass is 284 g/mol. The van der Waals surface area contributed by atoms with Crippen LogP contribution in [-0.2, 0) is 16.1 Å². The van der Waals surface area contributed by atoms with Crippen molar-refractivity contribution in [1.29, 1.82) is 0 Å². The molecule has 1 unspecified atom stereocenters. The van der Waals surface area contributed by atoms with Gasteiger partial charge in [0.2, 0.25) is 5.91 Å². The molecule has 1 amide bonds. The van der Waals surface area contributed by atoms with Crippen LogP contribution in [0.25, 0.3) is 0 Å². The number of carbonyl (C=O) groups excluding carboxylic acids is 1. The molecule has 0 aliphatic heterocycles. The largest absolute Gasteiger partial charge is 0.481 e. The van der Waals surface area contributed by atoms with E-state index in [2.05, 4.69) is 5.32 Å². The highest BCUT2D eigenvalue weighted by molar-refractivity contribution is 5.78. The molecule has 0 aliphatic carbocycles. The molecule has 0 fully saturated rings. The van der Waals surface area contributed by atoms with Gasteiger partial charge in [0.25, 0.3) is 0 Å². The molecule has 0 saturated heterocycles. The van der Waals surface area contributed by atoms with Gasteiger partial charge >= 0.3 is 5.97 Å². The molecule has 1 heterocycles. The van der Waals surface area contributed by atoms with Gasteiger partial charge in [-0.05, 0) is 19.1 Å². The number of furan rings is 1. The zero-order chi connectivity index (χ0) is 15.0. The van der Waals surface area contributed by atoms with Gasteiger partial charge in [-0.1, -0.05) is 0 Å². The van der Waals surface area contributed by atoms with Gasteiger partial charge < -0.3 is 19.9 Å². The first-order valence-electron chi connectivity index (χ1n) is 6.38. The first-order chi connectivity index (χ1) is 9.47. The van der Waals surface area contributed by atoms with Crippen molar-refractivity contribution in [2.75, 3.05) is 19.6 Å². The van der Waals surface area contributed by atoms with E-state index in [4.69, 9.17) is 9.52 Å². The lowest BCUT2D eigenvalue weighted by atomic mass is 10.3. The average molecular weight is 284 g/mol. The maximum absolute atomic E-state index is 11.8. The normalized spacial score (nSPS) is 12.3. The summed E-state index contributed by atoms with van der Waals surface area (Å²) in [6.45, 7) is 2.39. The number of carboxylic acid groups (broad SMARTS) is 1. The van der Waals surface area contributed by atoms with Crippen LogP contribution in [0, 0.1) is 0 Å². The van der Waals surface area contributed by atoms with Crippen molar-refractivity contribution in [1.82, 2.24) is 10.2 Å². The highest BCUT2D eigenvalue weighted by atomic mass is 16.4. The van der Waals surface area contributed by atoms with Crippen molar-refractivity contribution in [3.8, 4) is 0 Å². The third-order valence-corrected chi connectivity index (χ3v) is 2.57. The van der Waals surface area contributed by atoms with Gasteiger partial charge in [-0.2, -0.15) is 0 Å². The molecule has 0 aromatic carbocycles. The van der Waals surface area contributed by atoms with E-state index < -0.39 is 12.1 Å². The summed E-state index contributed by atoms with van der Waals surface area (Å²) in [4.78, 5) is 23.9. The number of carbonyl (C=O) groups is 2. The molecule has 1 aromatic heterocycles. The predicted octanol–water partition coefficient (Wildman–Crippen LogP) is 0.0533. The fourth-order valence-electron chi connectivity index (χ4n) is 1.72. The molecule has 3 N–H and O–H groups in total. The minimum Gasteiger partial charge on any atom is -0.481 e. The third kappa shape index (κ3) is 6.91. The van der Waals surface area contributed by atoms with Crippen LogP contribution < -0.4 is 5.32 Å². The number of hydrogen-bond donors (Lipinski definition) is 3. The number of aliphatic hydroxyl groups is 1. The molecule has 0 radical (unpaired) electrons. The number of nitrogens with zero attached hydrogens (tertiary/aromatic N) is 1. The van der Waals surface area contributed by atoms with E-state index in [1.54, 1.807) is 24.0 Å². The van der Waals surface area contributed by atoms with Crippen molar-refractivity contribution >= 4 is 11.9 Å². The zero-order valence-electron chi connectivity index (χ0n) is 11.4. The van der Waals surface area contributed by atoms with Crippen molar-refractivity contribution in [2.24, 2.45) is 0 Å². The summed E-state index contributed by atoms with van der Waals surface area (Å²) in [6, 6.07) is 3.48. The van der Waals surface area contributed by atoms with E-state index in [-0.39, 0.29) is 38.5 Å². The standard InChI is InChI=1S/C13H20N2O5/c1-10(16)8-15(5-4-13(18)19)9-12(17)14-7-11-3-2-6-20-11/h2-3,6,10,16H,4-5,7-9H2,1H3,(H,14,17)(H,18,19). The number of nitrogens with one attached hydrogen (secondary N) is 1. The van der Waals surface area contributed by atoms with Gasteiger partial charge in [-0.15, -0.1) is 0 Å². The van der Waals surface area contributed by atoms with Gasteiger partial charge in [0.05, 0.1) is 31.9 Å². The quantitative estimate of drug-likeness (QED) is 0.592. The molecule has 1 rings (SSSR count). The summed E-state index contributed by atoms with van der Waals surface area (Å²) >= 11 is 0. The Hall–Kier alpha value is -1.86. The molecule has 7 nitrogen and oxygen atoms in total. The van der Waals surface area contributed by atoms with Gasteiger partial charge in [0, 0.05) is 13.1 Å². The molecule has 1 atom stereocenters. The summed E-state index contributed by atoms with van der Waals surface area (Å²) in [6.07, 6.45) is 0.827. The van der Waals surface area contributed by atoms with Crippen LogP contribution >= 0.6 is 0 Å². The first-order valence-corrected chi connectivity index (χ1v) is 6.38. The molecule has 0 aliphatic rings. The van der Waals surface area contributed by atoms with Gasteiger partial charge in [-0.25, -0.2) is 0 Å². The molecule has 0 bridgehead atoms. The third-order valence-electron chi connectivity index (χ3n) is 2.57. The molecule has 7 heteroatoms. The van der Waals surface area contributed by atoms with Crippen molar-refractivity contribution in [3.05, 3.63) is 24.2 Å². The van der Waals surface area contributed by atoms with E-state index in [0.29, 0.717) is 5.76 Å². The SMILES string of the molecule is CC(O)CN(CCC(=O)O)CC(=O)NCc1ccco1. The van der Waals surface area contributed by atoms with Crippen molar-refractivity contribution in [2.45, 2.75) is 26.0 Å². The van der Waals surface area contributed by atoms with E-state index in [9.17, 15) is 14.7 Å². The Kier molecular flexibility index (Phi) is 6.75. The minimum atomic E-state index is -0.934. The van der Waals surface area contributed by atoms with Gasteiger partial charge in [0.1, 0.15) is 5.76 Å². The lowest BCUT2D eigenvalue weighted by Gasteiger charge is -2.22. The average Bonchev–Trinajstić information content (AvgIpc) is 2.86. The summed E-state index contributed by atoms with van der Waals surface area (Å²) in [5, 5.41) is 20.7. The van der Waals surface area contributed by atoms with Crippen LogP contribution in [0.2, 0.25) is 0 Å². The predicted molar refractivity (Wildman–Crippen MR) is 70.9 cm³/mol. The lowest BCUT2D eigenvalue weighted by molar-refractivity contribution is -0.138. The number of rotatable bonds is 9. The molecular formula is C13H20N2O5. The van der Waals surface area contributed by atoms with Gasteiger partial charge in [0.15, 0.2) is 0 Å². The second-order valence-electron chi connectivity index (χ2n) is 4.58. The molecule has 0 spiro atoms. The fourth-order valence-corrected chi connectivity index (χ4v) is 1.72. The highest BCUT2D eigenvalue weighted by Gasteiger charge is 2.14. The Morgan fingerprint density at radius 3 is 2.80 bits per heavy atom. The molecular weight excluding hydrogens is 264 g/mol. The lowest BCUT2D eigenvalue weighted by Crippen LogP contribution is -2.41. The fraction of sp³-hybridized carbons (Fsp3) is 0.538. The Labute approximate surface area is 117 Å². The Balaban J connectivity index is 2.37. The number of carboxylic acids is 1. The summed E-state index contributed by atoms with van der Waals surface area (Å²) in [5.41, 5.74) is 0. The summed E-state index contributed by atoms with van der Waals surface area (Å²) in [7, 11) is 0. The summed E-state index contributed by atoms with van der Waals surface area (Å²) < 4.78 is 5.09. The minimum absolute atomic E-state index is 0.0406. The Morgan fingerprint density at radius 2 is 2.25 bits per heavy atom. The highest BCUT2D eigenvalue weighted by Crippen LogP contribution is 1.99. The zero-order valence-corrected chi connectivity index (χ0v) is 11.4. The van der Waals surface area contributed by atoms with Crippen LogP contribution in [0.1, 0.15) is 19.1 Å². The van der Waals surface area contributed by atoms with Crippen LogP contribution in [0.4, 0.5) is 0 Å². The molecule has 0 saturated carbocycles. The van der Waals surface area contributed by atoms with Crippen LogP contribution in [-0.4, -0.2) is 52.7 Å². The van der Waals surface area contributed by atoms with E-state index >= 15 is 0 Å². The first kappa shape index (κ1) is 16.2. The number of hydrogen-bond acceptors (Lipinski definition) is 5. The number of aliphatic hydroxyl groups excluding tert-OH is 1. The smallest absolute Gasteiger partial charge is 0.304 e. The Bertz CT molecular complexity index is 416. The molecule has 1 aromatic rings.